The Labute approximate surface area is 175 Å². The number of amides is 1. The molecule has 2 N–H and O–H groups in total. The number of fused-ring (bicyclic) bond motifs is 1. The number of hydrogen-bond donors (Lipinski definition) is 2. The molecule has 1 aliphatic rings. The van der Waals surface area contributed by atoms with Crippen LogP contribution in [0.1, 0.15) is 17.4 Å². The van der Waals surface area contributed by atoms with Gasteiger partial charge >= 0.3 is 0 Å². The van der Waals surface area contributed by atoms with Crippen LogP contribution in [-0.4, -0.2) is 33.1 Å². The molecule has 0 saturated carbocycles. The lowest BCUT2D eigenvalue weighted by atomic mass is 10.0. The van der Waals surface area contributed by atoms with Gasteiger partial charge in [0.2, 0.25) is 11.1 Å². The number of methoxy groups -OCH3 is 1. The summed E-state index contributed by atoms with van der Waals surface area (Å²) in [6.07, 6.45) is 0. The van der Waals surface area contributed by atoms with E-state index in [4.69, 9.17) is 16.3 Å². The van der Waals surface area contributed by atoms with E-state index < -0.39 is 11.1 Å². The summed E-state index contributed by atoms with van der Waals surface area (Å²) >= 11 is 7.13. The van der Waals surface area contributed by atoms with Crippen LogP contribution < -0.4 is 15.5 Å². The molecule has 0 aliphatic carbocycles. The zero-order valence-electron chi connectivity index (χ0n) is 15.5. The first-order chi connectivity index (χ1) is 14.0. The van der Waals surface area contributed by atoms with Crippen LogP contribution in [0.2, 0.25) is 5.02 Å². The molecule has 2 heterocycles. The Balaban J connectivity index is 1.65. The van der Waals surface area contributed by atoms with Crippen molar-refractivity contribution in [2.45, 2.75) is 23.4 Å². The van der Waals surface area contributed by atoms with Gasteiger partial charge in [0.05, 0.1) is 18.2 Å². The van der Waals surface area contributed by atoms with Gasteiger partial charge in [0.25, 0.3) is 0 Å². The molecule has 4 rings (SSSR count). The Hall–Kier alpha value is -2.78. The van der Waals surface area contributed by atoms with E-state index in [1.807, 2.05) is 31.2 Å². The summed E-state index contributed by atoms with van der Waals surface area (Å²) in [4.78, 5) is 13.1. The predicted octanol–water partition coefficient (Wildman–Crippen LogP) is 3.79. The van der Waals surface area contributed by atoms with Crippen LogP contribution in [0.5, 0.6) is 5.75 Å². The average molecular weight is 434 g/mol. The number of hydrogen-bond acceptors (Lipinski definition) is 6. The molecule has 2 atom stereocenters. The third-order valence-corrected chi connectivity index (χ3v) is 6.02. The number of halogens is 2. The lowest BCUT2D eigenvalue weighted by Gasteiger charge is -2.32. The van der Waals surface area contributed by atoms with Gasteiger partial charge in [0.1, 0.15) is 22.6 Å². The molecule has 0 saturated heterocycles. The predicted molar refractivity (Wildman–Crippen MR) is 110 cm³/mol. The highest BCUT2D eigenvalue weighted by Crippen LogP contribution is 2.38. The van der Waals surface area contributed by atoms with Crippen molar-refractivity contribution >= 4 is 35.0 Å². The molecule has 0 spiro atoms. The Morgan fingerprint density at radius 3 is 2.72 bits per heavy atom. The van der Waals surface area contributed by atoms with E-state index in [9.17, 15) is 9.18 Å². The van der Waals surface area contributed by atoms with Gasteiger partial charge in [-0.3, -0.25) is 4.79 Å². The molecule has 2 aromatic carbocycles. The number of anilines is 1. The lowest BCUT2D eigenvalue weighted by Crippen LogP contribution is -2.41. The number of carbonyl (C=O) groups is 1. The summed E-state index contributed by atoms with van der Waals surface area (Å²) in [5.74, 6) is 0.603. The van der Waals surface area contributed by atoms with Crippen molar-refractivity contribution in [2.24, 2.45) is 0 Å². The number of aryl methyl sites for hydroxylation is 1. The number of ether oxygens (including phenoxy) is 1. The second-order valence-electron chi connectivity index (χ2n) is 6.40. The van der Waals surface area contributed by atoms with E-state index in [0.29, 0.717) is 16.7 Å². The summed E-state index contributed by atoms with van der Waals surface area (Å²) in [6.45, 7) is 1.83. The third-order valence-electron chi connectivity index (χ3n) is 4.52. The number of carbonyl (C=O) groups excluding carboxylic acids is 1. The Morgan fingerprint density at radius 1 is 1.28 bits per heavy atom. The van der Waals surface area contributed by atoms with Gasteiger partial charge in [0.15, 0.2) is 0 Å². The highest BCUT2D eigenvalue weighted by molar-refractivity contribution is 8.00. The van der Waals surface area contributed by atoms with Crippen molar-refractivity contribution in [3.63, 3.8) is 0 Å². The van der Waals surface area contributed by atoms with Gasteiger partial charge in [-0.15, -0.1) is 10.2 Å². The number of nitrogens with one attached hydrogen (secondary N) is 2. The zero-order valence-corrected chi connectivity index (χ0v) is 17.1. The molecule has 1 aliphatic heterocycles. The first kappa shape index (κ1) is 19.5. The highest BCUT2D eigenvalue weighted by atomic mass is 35.5. The van der Waals surface area contributed by atoms with Crippen molar-refractivity contribution in [3.8, 4) is 5.75 Å². The molecule has 1 aromatic heterocycles. The first-order valence-electron chi connectivity index (χ1n) is 8.71. The van der Waals surface area contributed by atoms with E-state index in [1.165, 1.54) is 30.0 Å². The minimum absolute atomic E-state index is 0.0562. The monoisotopic (exact) mass is 433 g/mol. The zero-order chi connectivity index (χ0) is 20.5. The van der Waals surface area contributed by atoms with E-state index in [1.54, 1.807) is 11.8 Å². The van der Waals surface area contributed by atoms with Crippen LogP contribution in [-0.2, 0) is 4.79 Å². The maximum atomic E-state index is 13.4. The summed E-state index contributed by atoms with van der Waals surface area (Å²) < 4.78 is 20.4. The van der Waals surface area contributed by atoms with Crippen molar-refractivity contribution in [2.75, 3.05) is 17.9 Å². The lowest BCUT2D eigenvalue weighted by molar-refractivity contribution is -0.116. The minimum Gasteiger partial charge on any atom is -0.497 e. The van der Waals surface area contributed by atoms with E-state index in [2.05, 4.69) is 20.9 Å². The maximum absolute atomic E-state index is 13.4. The number of aromatic nitrogens is 3. The van der Waals surface area contributed by atoms with Crippen LogP contribution in [0.4, 0.5) is 10.1 Å². The van der Waals surface area contributed by atoms with E-state index >= 15 is 0 Å². The minimum atomic E-state index is -0.552. The van der Waals surface area contributed by atoms with Crippen LogP contribution in [0, 0.1) is 12.7 Å². The Bertz CT molecular complexity index is 1060. The van der Waals surface area contributed by atoms with Crippen molar-refractivity contribution < 1.29 is 13.9 Å². The van der Waals surface area contributed by atoms with E-state index in [-0.39, 0.29) is 17.0 Å². The Kier molecular flexibility index (Phi) is 5.33. The quantitative estimate of drug-likeness (QED) is 0.651. The summed E-state index contributed by atoms with van der Waals surface area (Å²) in [6, 6.07) is 11.2. The fourth-order valence-corrected chi connectivity index (χ4v) is 4.31. The topological polar surface area (TPSA) is 81.1 Å². The summed E-state index contributed by atoms with van der Waals surface area (Å²) in [5, 5.41) is 11.0. The third kappa shape index (κ3) is 3.88. The number of benzene rings is 2. The molecule has 0 bridgehead atoms. The number of thioether (sulfide) groups is 1. The van der Waals surface area contributed by atoms with Gasteiger partial charge in [-0.25, -0.2) is 9.07 Å². The molecule has 29 heavy (non-hydrogen) atoms. The van der Waals surface area contributed by atoms with Crippen LogP contribution >= 0.6 is 23.4 Å². The smallest absolute Gasteiger partial charge is 0.240 e. The van der Waals surface area contributed by atoms with Crippen LogP contribution in [0.3, 0.4) is 0 Å². The highest BCUT2D eigenvalue weighted by Gasteiger charge is 2.37. The van der Waals surface area contributed by atoms with Crippen molar-refractivity contribution in [1.29, 1.82) is 0 Å². The largest absolute Gasteiger partial charge is 0.497 e. The molecule has 150 valence electrons. The molecule has 0 unspecified atom stereocenters. The second kappa shape index (κ2) is 7.92. The van der Waals surface area contributed by atoms with Crippen LogP contribution in [0.15, 0.2) is 47.6 Å². The normalized spacial score (nSPS) is 17.9. The first-order valence-corrected chi connectivity index (χ1v) is 9.97. The molecule has 1 amide bonds. The van der Waals surface area contributed by atoms with Crippen molar-refractivity contribution in [3.05, 3.63) is 64.7 Å². The Morgan fingerprint density at radius 2 is 2.03 bits per heavy atom. The molecule has 7 nitrogen and oxygen atoms in total. The molecule has 0 fully saturated rings. The molecule has 10 heteroatoms. The fourth-order valence-electron chi connectivity index (χ4n) is 3.01. The maximum Gasteiger partial charge on any atom is 0.240 e. The van der Waals surface area contributed by atoms with Crippen molar-refractivity contribution in [1.82, 2.24) is 14.9 Å². The number of rotatable bonds is 4. The van der Waals surface area contributed by atoms with E-state index in [0.717, 1.165) is 11.3 Å². The van der Waals surface area contributed by atoms with Gasteiger partial charge in [0, 0.05) is 5.69 Å². The van der Waals surface area contributed by atoms with Crippen LogP contribution in [0.25, 0.3) is 0 Å². The fraction of sp³-hybridized carbons (Fsp3) is 0.211. The van der Waals surface area contributed by atoms with Gasteiger partial charge < -0.3 is 15.5 Å². The molecule has 0 radical (unpaired) electrons. The van der Waals surface area contributed by atoms with Gasteiger partial charge in [-0.05, 0) is 42.8 Å². The molecular formula is C19H17ClFN5O2S. The standard InChI is InChI=1S/C19H17ClFN5O2S/c1-10-23-24-19-26(10)25-16(11-3-6-13(28-2)7-4-11)17(29-19)18(27)22-12-5-8-15(21)14(20)9-12/h3-9,16-17,25H,1-2H3,(H,22,27)/t16-,17+/m1/s1. The van der Waals surface area contributed by atoms with Gasteiger partial charge in [-0.2, -0.15) is 0 Å². The summed E-state index contributed by atoms with van der Waals surface area (Å²) in [7, 11) is 1.60. The number of nitrogens with zero attached hydrogens (tertiary/aromatic N) is 3. The second-order valence-corrected chi connectivity index (χ2v) is 7.92. The van der Waals surface area contributed by atoms with Gasteiger partial charge in [-0.1, -0.05) is 35.5 Å². The molecular weight excluding hydrogens is 417 g/mol. The SMILES string of the molecule is COc1ccc([C@H]2Nn3c(C)nnc3S[C@@H]2C(=O)Nc2ccc(F)c(Cl)c2)cc1. The summed E-state index contributed by atoms with van der Waals surface area (Å²) in [5.41, 5.74) is 4.63. The molecule has 3 aromatic rings. The average Bonchev–Trinajstić information content (AvgIpc) is 3.10.